The van der Waals surface area contributed by atoms with Gasteiger partial charge < -0.3 is 0 Å². The van der Waals surface area contributed by atoms with E-state index in [4.69, 9.17) is 4.98 Å². The summed E-state index contributed by atoms with van der Waals surface area (Å²) in [6.45, 7) is 0. The van der Waals surface area contributed by atoms with E-state index in [0.29, 0.717) is 5.39 Å². The minimum Gasteiger partial charge on any atom is -0.256 e. The molecule has 6 aromatic rings. The van der Waals surface area contributed by atoms with Gasteiger partial charge in [-0.1, -0.05) is 72.8 Å². The highest BCUT2D eigenvalue weighted by Crippen LogP contribution is 2.36. The predicted octanol–water partition coefficient (Wildman–Crippen LogP) is 7.50. The van der Waals surface area contributed by atoms with Crippen LogP contribution >= 0.6 is 0 Å². The highest BCUT2D eigenvalue weighted by atomic mass is 19.1. The maximum atomic E-state index is 14.7. The summed E-state index contributed by atoms with van der Waals surface area (Å²) < 4.78 is 14.7. The van der Waals surface area contributed by atoms with Gasteiger partial charge in [0.25, 0.3) is 0 Å². The molecule has 1 aromatic heterocycles. The first-order valence-electron chi connectivity index (χ1n) is 9.67. The first-order chi connectivity index (χ1) is 14.3. The van der Waals surface area contributed by atoms with Gasteiger partial charge in [-0.25, -0.2) is 4.39 Å². The minimum atomic E-state index is -0.200. The van der Waals surface area contributed by atoms with E-state index in [0.717, 1.165) is 32.8 Å². The number of halogens is 1. The number of fused-ring (bicyclic) bond motifs is 6. The number of rotatable bonds is 1. The van der Waals surface area contributed by atoms with Gasteiger partial charge in [0.2, 0.25) is 0 Å². The molecule has 0 fully saturated rings. The second-order valence-corrected chi connectivity index (χ2v) is 7.39. The van der Waals surface area contributed by atoms with Gasteiger partial charge in [0.05, 0.1) is 5.69 Å². The zero-order valence-electron chi connectivity index (χ0n) is 15.6. The van der Waals surface area contributed by atoms with E-state index in [1.807, 2.05) is 36.5 Å². The van der Waals surface area contributed by atoms with Crippen molar-refractivity contribution in [1.29, 1.82) is 0 Å². The van der Waals surface area contributed by atoms with Gasteiger partial charge in [0.1, 0.15) is 5.82 Å². The van der Waals surface area contributed by atoms with Crippen molar-refractivity contribution in [3.8, 4) is 11.3 Å². The number of hydrogen-bond acceptors (Lipinski definition) is 1. The number of hydrogen-bond donors (Lipinski definition) is 0. The number of pyridine rings is 1. The van der Waals surface area contributed by atoms with Crippen molar-refractivity contribution in [2.75, 3.05) is 0 Å². The van der Waals surface area contributed by atoms with Crippen LogP contribution in [0.1, 0.15) is 0 Å². The highest BCUT2D eigenvalue weighted by Gasteiger charge is 2.12. The fraction of sp³-hybridized carbons (Fsp3) is 0. The van der Waals surface area contributed by atoms with Gasteiger partial charge in [-0.05, 0) is 50.5 Å². The largest absolute Gasteiger partial charge is 0.256 e. The van der Waals surface area contributed by atoms with E-state index in [1.54, 1.807) is 6.07 Å². The second kappa shape index (κ2) is 6.11. The Bertz CT molecular complexity index is 1570. The molecule has 0 bridgehead atoms. The van der Waals surface area contributed by atoms with Crippen LogP contribution in [0.15, 0.2) is 97.2 Å². The summed E-state index contributed by atoms with van der Waals surface area (Å²) in [4.78, 5) is 4.79. The maximum absolute atomic E-state index is 14.7. The van der Waals surface area contributed by atoms with Crippen molar-refractivity contribution in [1.82, 2.24) is 4.98 Å². The minimum absolute atomic E-state index is 0.200. The molecule has 1 nitrogen and oxygen atoms in total. The van der Waals surface area contributed by atoms with Crippen molar-refractivity contribution < 1.29 is 4.39 Å². The van der Waals surface area contributed by atoms with E-state index in [2.05, 4.69) is 54.6 Å². The highest BCUT2D eigenvalue weighted by molar-refractivity contribution is 6.14. The van der Waals surface area contributed by atoms with Crippen LogP contribution in [0.5, 0.6) is 0 Å². The second-order valence-electron chi connectivity index (χ2n) is 7.39. The summed E-state index contributed by atoms with van der Waals surface area (Å²) >= 11 is 0. The Hall–Kier alpha value is -3.78. The van der Waals surface area contributed by atoms with E-state index in [9.17, 15) is 4.39 Å². The van der Waals surface area contributed by atoms with Gasteiger partial charge >= 0.3 is 0 Å². The smallest absolute Gasteiger partial charge is 0.131 e. The van der Waals surface area contributed by atoms with Gasteiger partial charge in [-0.15, -0.1) is 0 Å². The van der Waals surface area contributed by atoms with Crippen molar-refractivity contribution in [3.05, 3.63) is 103 Å². The molecule has 0 atom stereocenters. The van der Waals surface area contributed by atoms with Crippen molar-refractivity contribution in [2.45, 2.75) is 0 Å². The van der Waals surface area contributed by atoms with Crippen LogP contribution in [0.4, 0.5) is 4.39 Å². The molecule has 0 radical (unpaired) electrons. The van der Waals surface area contributed by atoms with Gasteiger partial charge in [0, 0.05) is 22.5 Å². The topological polar surface area (TPSA) is 12.9 Å². The lowest BCUT2D eigenvalue weighted by atomic mass is 9.94. The lowest BCUT2D eigenvalue weighted by Crippen LogP contribution is -1.90. The molecule has 6 rings (SSSR count). The van der Waals surface area contributed by atoms with E-state index >= 15 is 0 Å². The molecule has 2 heteroatoms. The first kappa shape index (κ1) is 16.2. The van der Waals surface area contributed by atoms with E-state index in [1.165, 1.54) is 16.2 Å². The van der Waals surface area contributed by atoms with Crippen LogP contribution in [-0.4, -0.2) is 4.98 Å². The Morgan fingerprint density at radius 2 is 1.14 bits per heavy atom. The zero-order valence-corrected chi connectivity index (χ0v) is 15.6. The van der Waals surface area contributed by atoms with Crippen molar-refractivity contribution in [3.63, 3.8) is 0 Å². The van der Waals surface area contributed by atoms with Crippen molar-refractivity contribution >= 4 is 43.1 Å². The summed E-state index contributed by atoms with van der Waals surface area (Å²) in [5.74, 6) is -0.200. The molecule has 29 heavy (non-hydrogen) atoms. The molecule has 0 amide bonds. The van der Waals surface area contributed by atoms with Crippen molar-refractivity contribution in [2.24, 2.45) is 0 Å². The third kappa shape index (κ3) is 2.43. The fourth-order valence-corrected chi connectivity index (χ4v) is 4.37. The standard InChI is InChI=1S/C27H16FN/c28-26-14-18-15-27(29-16-25(18)22-11-5-6-12-23(22)26)24-13-17-7-1-2-8-19(17)20-9-3-4-10-21(20)24/h1-16H. The molecular formula is C27H16FN. The Balaban J connectivity index is 1.69. The maximum Gasteiger partial charge on any atom is 0.131 e. The monoisotopic (exact) mass is 373 g/mol. The molecule has 0 aliphatic carbocycles. The molecule has 0 aliphatic heterocycles. The van der Waals surface area contributed by atoms with Crippen LogP contribution < -0.4 is 0 Å². The van der Waals surface area contributed by atoms with Crippen LogP contribution in [0.2, 0.25) is 0 Å². The first-order valence-corrected chi connectivity index (χ1v) is 9.67. The summed E-state index contributed by atoms with van der Waals surface area (Å²) in [5, 5.41) is 8.11. The summed E-state index contributed by atoms with van der Waals surface area (Å²) in [7, 11) is 0. The lowest BCUT2D eigenvalue weighted by molar-refractivity contribution is 0.641. The fourth-order valence-electron chi connectivity index (χ4n) is 4.37. The third-order valence-corrected chi connectivity index (χ3v) is 5.74. The van der Waals surface area contributed by atoms with E-state index < -0.39 is 0 Å². The van der Waals surface area contributed by atoms with Crippen LogP contribution in [0, 0.1) is 5.82 Å². The molecule has 0 N–H and O–H groups in total. The molecular weight excluding hydrogens is 357 g/mol. The van der Waals surface area contributed by atoms with Crippen LogP contribution in [0.25, 0.3) is 54.3 Å². The molecule has 0 saturated carbocycles. The zero-order chi connectivity index (χ0) is 19.4. The van der Waals surface area contributed by atoms with Crippen LogP contribution in [0.3, 0.4) is 0 Å². The van der Waals surface area contributed by atoms with Gasteiger partial charge in [-0.2, -0.15) is 0 Å². The number of benzene rings is 5. The number of nitrogens with zero attached hydrogens (tertiary/aromatic N) is 1. The summed E-state index contributed by atoms with van der Waals surface area (Å²) in [5.41, 5.74) is 1.92. The van der Waals surface area contributed by atoms with Crippen LogP contribution in [-0.2, 0) is 0 Å². The molecule has 136 valence electrons. The molecule has 0 aliphatic rings. The average molecular weight is 373 g/mol. The SMILES string of the molecule is Fc1cc2cc(-c3cc4ccccc4c4ccccc34)ncc2c2ccccc12. The molecule has 0 spiro atoms. The Morgan fingerprint density at radius 3 is 1.93 bits per heavy atom. The Labute approximate surface area is 167 Å². The average Bonchev–Trinajstić information content (AvgIpc) is 2.78. The Kier molecular flexibility index (Phi) is 3.41. The quantitative estimate of drug-likeness (QED) is 0.272. The Morgan fingerprint density at radius 1 is 0.517 bits per heavy atom. The molecule has 5 aromatic carbocycles. The predicted molar refractivity (Wildman–Crippen MR) is 120 cm³/mol. The third-order valence-electron chi connectivity index (χ3n) is 5.74. The molecule has 0 unspecified atom stereocenters. The summed E-state index contributed by atoms with van der Waals surface area (Å²) in [6.07, 6.45) is 1.87. The van der Waals surface area contributed by atoms with Gasteiger partial charge in [0.15, 0.2) is 0 Å². The van der Waals surface area contributed by atoms with E-state index in [-0.39, 0.29) is 5.82 Å². The molecule has 1 heterocycles. The lowest BCUT2D eigenvalue weighted by Gasteiger charge is -2.12. The van der Waals surface area contributed by atoms with Gasteiger partial charge in [-0.3, -0.25) is 4.98 Å². The normalized spacial score (nSPS) is 11.6. The molecule has 0 saturated heterocycles. The summed E-state index contributed by atoms with van der Waals surface area (Å²) in [6, 6.07) is 30.1. The number of aromatic nitrogens is 1.